The Morgan fingerprint density at radius 1 is 1.24 bits per heavy atom. The molecule has 0 unspecified atom stereocenters. The van der Waals surface area contributed by atoms with Gasteiger partial charge in [0.15, 0.2) is 0 Å². The van der Waals surface area contributed by atoms with E-state index in [1.807, 2.05) is 12.1 Å². The molecule has 1 heterocycles. The van der Waals surface area contributed by atoms with Crippen molar-refractivity contribution in [1.29, 1.82) is 0 Å². The van der Waals surface area contributed by atoms with E-state index in [0.29, 0.717) is 0 Å². The maximum Gasteiger partial charge on any atom is 0.123 e. The molecule has 1 aromatic rings. The van der Waals surface area contributed by atoms with Crippen LogP contribution in [-0.2, 0) is 0 Å². The van der Waals surface area contributed by atoms with Gasteiger partial charge in [-0.1, -0.05) is 13.8 Å². The zero-order valence-corrected chi connectivity index (χ0v) is 10.7. The Hall–Kier alpha value is -1.09. The highest BCUT2D eigenvalue weighted by molar-refractivity contribution is 5.47. The average molecular weight is 236 g/mol. The summed E-state index contributed by atoms with van der Waals surface area (Å²) in [5, 5.41) is 3.63. The molecule has 0 amide bonds. The summed E-state index contributed by atoms with van der Waals surface area (Å²) in [5.74, 6) is -0.166. The third-order valence-electron chi connectivity index (χ3n) is 3.92. The predicted molar refractivity (Wildman–Crippen MR) is 69.9 cm³/mol. The summed E-state index contributed by atoms with van der Waals surface area (Å²) in [4.78, 5) is 2.35. The lowest BCUT2D eigenvalue weighted by atomic mass is 9.90. The van der Waals surface area contributed by atoms with Crippen LogP contribution in [0.5, 0.6) is 0 Å². The van der Waals surface area contributed by atoms with Crippen molar-refractivity contribution in [1.82, 2.24) is 5.32 Å². The molecule has 0 saturated carbocycles. The van der Waals surface area contributed by atoms with Crippen molar-refractivity contribution >= 4 is 5.69 Å². The number of rotatable bonds is 3. The Kier molecular flexibility index (Phi) is 3.67. The molecule has 94 valence electrons. The van der Waals surface area contributed by atoms with E-state index in [-0.39, 0.29) is 11.4 Å². The van der Waals surface area contributed by atoms with E-state index in [9.17, 15) is 4.39 Å². The second kappa shape index (κ2) is 5.05. The first-order valence-electron chi connectivity index (χ1n) is 6.44. The Balaban J connectivity index is 2.14. The van der Waals surface area contributed by atoms with Crippen molar-refractivity contribution in [3.05, 3.63) is 30.1 Å². The van der Waals surface area contributed by atoms with Gasteiger partial charge in [0.2, 0.25) is 0 Å². The third-order valence-corrected chi connectivity index (χ3v) is 3.92. The first-order chi connectivity index (χ1) is 8.19. The fourth-order valence-corrected chi connectivity index (χ4v) is 2.55. The van der Waals surface area contributed by atoms with Crippen LogP contribution < -0.4 is 10.2 Å². The van der Waals surface area contributed by atoms with Crippen LogP contribution in [0.1, 0.15) is 26.7 Å². The summed E-state index contributed by atoms with van der Waals surface area (Å²) in [7, 11) is 0. The summed E-state index contributed by atoms with van der Waals surface area (Å²) in [6, 6.07) is 6.82. The van der Waals surface area contributed by atoms with Gasteiger partial charge in [0.05, 0.1) is 0 Å². The fourth-order valence-electron chi connectivity index (χ4n) is 2.55. The molecule has 1 N–H and O–H groups in total. The van der Waals surface area contributed by atoms with Crippen molar-refractivity contribution in [3.63, 3.8) is 0 Å². The van der Waals surface area contributed by atoms with Gasteiger partial charge in [-0.25, -0.2) is 4.39 Å². The fraction of sp³-hybridized carbons (Fsp3) is 0.571. The van der Waals surface area contributed by atoms with Gasteiger partial charge in [-0.15, -0.1) is 0 Å². The van der Waals surface area contributed by atoms with Crippen molar-refractivity contribution in [2.75, 3.05) is 24.5 Å². The van der Waals surface area contributed by atoms with Gasteiger partial charge in [-0.05, 0) is 37.1 Å². The number of hydrogen-bond donors (Lipinski definition) is 1. The molecule has 2 rings (SSSR count). The lowest BCUT2D eigenvalue weighted by Gasteiger charge is -2.44. The molecule has 17 heavy (non-hydrogen) atoms. The van der Waals surface area contributed by atoms with Crippen molar-refractivity contribution in [2.45, 2.75) is 32.2 Å². The highest BCUT2D eigenvalue weighted by Gasteiger charge is 2.31. The van der Waals surface area contributed by atoms with Crippen LogP contribution in [0.2, 0.25) is 0 Å². The van der Waals surface area contributed by atoms with E-state index in [4.69, 9.17) is 0 Å². The highest BCUT2D eigenvalue weighted by Crippen LogP contribution is 2.24. The van der Waals surface area contributed by atoms with E-state index in [1.165, 1.54) is 12.1 Å². The van der Waals surface area contributed by atoms with Gasteiger partial charge in [-0.2, -0.15) is 0 Å². The molecule has 0 bridgehead atoms. The van der Waals surface area contributed by atoms with Gasteiger partial charge >= 0.3 is 0 Å². The maximum absolute atomic E-state index is 12.9. The number of anilines is 1. The molecule has 1 saturated heterocycles. The Morgan fingerprint density at radius 2 is 1.88 bits per heavy atom. The molecule has 2 nitrogen and oxygen atoms in total. The first kappa shape index (κ1) is 12.4. The van der Waals surface area contributed by atoms with Crippen molar-refractivity contribution in [3.8, 4) is 0 Å². The molecular formula is C14H21FN2. The second-order valence-corrected chi connectivity index (χ2v) is 4.81. The summed E-state index contributed by atoms with van der Waals surface area (Å²) < 4.78 is 12.9. The number of benzene rings is 1. The van der Waals surface area contributed by atoms with Crippen molar-refractivity contribution < 1.29 is 4.39 Å². The number of nitrogens with zero attached hydrogens (tertiary/aromatic N) is 1. The quantitative estimate of drug-likeness (QED) is 0.868. The van der Waals surface area contributed by atoms with Crippen LogP contribution >= 0.6 is 0 Å². The van der Waals surface area contributed by atoms with Crippen LogP contribution in [0.4, 0.5) is 10.1 Å². The highest BCUT2D eigenvalue weighted by atomic mass is 19.1. The standard InChI is InChI=1S/C14H21FN2/c1-3-14(4-2)11-17(10-9-16-14)13-7-5-12(15)6-8-13/h5-8,16H,3-4,9-11H2,1-2H3. The van der Waals surface area contributed by atoms with Crippen LogP contribution in [-0.4, -0.2) is 25.2 Å². The first-order valence-corrected chi connectivity index (χ1v) is 6.44. The molecule has 1 fully saturated rings. The molecule has 0 aromatic heterocycles. The van der Waals surface area contributed by atoms with Crippen LogP contribution in [0.15, 0.2) is 24.3 Å². The minimum atomic E-state index is -0.166. The molecule has 0 aliphatic carbocycles. The number of hydrogen-bond acceptors (Lipinski definition) is 2. The summed E-state index contributed by atoms with van der Waals surface area (Å²) >= 11 is 0. The zero-order chi connectivity index (χ0) is 12.3. The minimum Gasteiger partial charge on any atom is -0.368 e. The molecule has 1 aliphatic heterocycles. The van der Waals surface area contributed by atoms with Gasteiger partial charge in [0.1, 0.15) is 5.82 Å². The molecule has 3 heteroatoms. The molecule has 1 aliphatic rings. The average Bonchev–Trinajstić information content (AvgIpc) is 2.39. The maximum atomic E-state index is 12.9. The topological polar surface area (TPSA) is 15.3 Å². The molecular weight excluding hydrogens is 215 g/mol. The molecule has 0 spiro atoms. The molecule has 0 atom stereocenters. The second-order valence-electron chi connectivity index (χ2n) is 4.81. The lowest BCUT2D eigenvalue weighted by molar-refractivity contribution is 0.277. The van der Waals surface area contributed by atoms with Gasteiger partial charge in [-0.3, -0.25) is 0 Å². The minimum absolute atomic E-state index is 0.166. The lowest BCUT2D eigenvalue weighted by Crippen LogP contribution is -2.60. The smallest absolute Gasteiger partial charge is 0.123 e. The van der Waals surface area contributed by atoms with E-state index < -0.39 is 0 Å². The van der Waals surface area contributed by atoms with E-state index in [2.05, 4.69) is 24.1 Å². The Bertz CT molecular complexity index is 357. The number of piperazine rings is 1. The predicted octanol–water partition coefficient (Wildman–Crippen LogP) is 2.79. The van der Waals surface area contributed by atoms with E-state index >= 15 is 0 Å². The number of nitrogens with one attached hydrogen (secondary N) is 1. The van der Waals surface area contributed by atoms with Gasteiger partial charge in [0, 0.05) is 30.9 Å². The van der Waals surface area contributed by atoms with E-state index in [0.717, 1.165) is 38.2 Å². The third kappa shape index (κ3) is 2.60. The largest absolute Gasteiger partial charge is 0.368 e. The summed E-state index contributed by atoms with van der Waals surface area (Å²) in [6.07, 6.45) is 2.25. The van der Waals surface area contributed by atoms with Crippen molar-refractivity contribution in [2.24, 2.45) is 0 Å². The van der Waals surface area contributed by atoms with Gasteiger partial charge in [0.25, 0.3) is 0 Å². The Labute approximate surface area is 103 Å². The monoisotopic (exact) mass is 236 g/mol. The van der Waals surface area contributed by atoms with Crippen LogP contribution in [0, 0.1) is 5.82 Å². The molecule has 1 aromatic carbocycles. The summed E-state index contributed by atoms with van der Waals surface area (Å²) in [5.41, 5.74) is 1.34. The number of halogens is 1. The summed E-state index contributed by atoms with van der Waals surface area (Å²) in [6.45, 7) is 7.45. The van der Waals surface area contributed by atoms with Crippen LogP contribution in [0.3, 0.4) is 0 Å². The van der Waals surface area contributed by atoms with E-state index in [1.54, 1.807) is 0 Å². The SMILES string of the molecule is CCC1(CC)CN(c2ccc(F)cc2)CCN1. The Morgan fingerprint density at radius 3 is 2.47 bits per heavy atom. The van der Waals surface area contributed by atoms with Crippen LogP contribution in [0.25, 0.3) is 0 Å². The normalized spacial score (nSPS) is 19.4. The zero-order valence-electron chi connectivity index (χ0n) is 10.7. The molecule has 0 radical (unpaired) electrons. The van der Waals surface area contributed by atoms with Gasteiger partial charge < -0.3 is 10.2 Å².